The second kappa shape index (κ2) is 6.41. The van der Waals surface area contributed by atoms with Crippen LogP contribution in [0.3, 0.4) is 0 Å². The van der Waals surface area contributed by atoms with Gasteiger partial charge in [-0.25, -0.2) is 0 Å². The van der Waals surface area contributed by atoms with Crippen LogP contribution in [0.5, 0.6) is 0 Å². The lowest BCUT2D eigenvalue weighted by atomic mass is 10.2. The third kappa shape index (κ3) is 4.64. The molecule has 0 aliphatic heterocycles. The van der Waals surface area contributed by atoms with Crippen molar-refractivity contribution in [3.05, 3.63) is 41.5 Å². The first-order chi connectivity index (χ1) is 9.16. The summed E-state index contributed by atoms with van der Waals surface area (Å²) in [7, 11) is -4.04. The van der Waals surface area contributed by atoms with Crippen molar-refractivity contribution in [2.24, 2.45) is 0 Å². The molecule has 0 aromatic heterocycles. The van der Waals surface area contributed by atoms with Gasteiger partial charge in [-0.05, 0) is 31.6 Å². The number of benzene rings is 1. The molecule has 3 nitrogen and oxygen atoms in total. The molecule has 0 aliphatic carbocycles. The van der Waals surface area contributed by atoms with Crippen molar-refractivity contribution in [3.63, 3.8) is 0 Å². The third-order valence-corrected chi connectivity index (χ3v) is 3.90. The lowest BCUT2D eigenvalue weighted by molar-refractivity contribution is -0.0939. The van der Waals surface area contributed by atoms with Gasteiger partial charge in [0.15, 0.2) is 0 Å². The molecule has 0 aliphatic rings. The highest BCUT2D eigenvalue weighted by Gasteiger charge is 2.31. The smallest absolute Gasteiger partial charge is 0.262 e. The molecule has 7 heteroatoms. The Labute approximate surface area is 116 Å². The first kappa shape index (κ1) is 16.7. The minimum Gasteiger partial charge on any atom is -0.262 e. The second-order valence-electron chi connectivity index (χ2n) is 4.13. The van der Waals surface area contributed by atoms with Crippen molar-refractivity contribution >= 4 is 10.1 Å². The van der Waals surface area contributed by atoms with Crippen LogP contribution in [0, 0.1) is 6.92 Å². The van der Waals surface area contributed by atoms with Gasteiger partial charge < -0.3 is 0 Å². The van der Waals surface area contributed by atoms with Gasteiger partial charge in [0, 0.05) is 5.57 Å². The van der Waals surface area contributed by atoms with Crippen molar-refractivity contribution in [2.75, 3.05) is 6.61 Å². The number of rotatable bonds is 5. The molecule has 112 valence electrons. The molecule has 1 aromatic carbocycles. The van der Waals surface area contributed by atoms with Crippen molar-refractivity contribution in [1.29, 1.82) is 0 Å². The first-order valence-corrected chi connectivity index (χ1v) is 7.30. The van der Waals surface area contributed by atoms with Gasteiger partial charge in [-0.2, -0.15) is 21.6 Å². The molecule has 0 atom stereocenters. The van der Waals surface area contributed by atoms with E-state index in [0.717, 1.165) is 11.6 Å². The van der Waals surface area contributed by atoms with Gasteiger partial charge in [0.25, 0.3) is 10.1 Å². The Balaban J connectivity index is 2.78. The average molecular weight is 308 g/mol. The molecule has 0 saturated heterocycles. The molecule has 0 heterocycles. The topological polar surface area (TPSA) is 43.4 Å². The summed E-state index contributed by atoms with van der Waals surface area (Å²) in [5, 5.41) is 0. The van der Waals surface area contributed by atoms with E-state index in [1.54, 1.807) is 19.1 Å². The fourth-order valence-corrected chi connectivity index (χ4v) is 2.31. The molecule has 0 fully saturated rings. The van der Waals surface area contributed by atoms with Crippen molar-refractivity contribution < 1.29 is 25.8 Å². The lowest BCUT2D eigenvalue weighted by Crippen LogP contribution is -2.13. The molecule has 0 amide bonds. The van der Waals surface area contributed by atoms with Crippen LogP contribution in [0.2, 0.25) is 0 Å². The SMILES string of the molecule is CC/C(=C\COS(=O)(=O)c1ccc(C)cc1)C(F)(F)F. The molecular weight excluding hydrogens is 293 g/mol. The normalized spacial score (nSPS) is 13.6. The number of halogens is 3. The van der Waals surface area contributed by atoms with E-state index < -0.39 is 28.5 Å². The Morgan fingerprint density at radius 2 is 1.80 bits per heavy atom. The van der Waals surface area contributed by atoms with Gasteiger partial charge in [-0.15, -0.1) is 0 Å². The van der Waals surface area contributed by atoms with E-state index in [1.165, 1.54) is 19.1 Å². The molecule has 0 spiro atoms. The minimum atomic E-state index is -4.47. The number of hydrogen-bond acceptors (Lipinski definition) is 3. The quantitative estimate of drug-likeness (QED) is 0.616. The highest BCUT2D eigenvalue weighted by atomic mass is 32.2. The Morgan fingerprint density at radius 1 is 1.25 bits per heavy atom. The van der Waals surface area contributed by atoms with E-state index in [1.807, 2.05) is 0 Å². The zero-order valence-electron chi connectivity index (χ0n) is 11.1. The highest BCUT2D eigenvalue weighted by molar-refractivity contribution is 7.86. The van der Waals surface area contributed by atoms with E-state index in [-0.39, 0.29) is 11.3 Å². The summed E-state index contributed by atoms with van der Waals surface area (Å²) in [6.07, 6.45) is -3.96. The van der Waals surface area contributed by atoms with Gasteiger partial charge >= 0.3 is 6.18 Å². The minimum absolute atomic E-state index is 0.0819. The summed E-state index contributed by atoms with van der Waals surface area (Å²) in [5.41, 5.74) is 0.0609. The fourth-order valence-electron chi connectivity index (χ4n) is 1.46. The maximum absolute atomic E-state index is 12.4. The van der Waals surface area contributed by atoms with E-state index >= 15 is 0 Å². The Kier molecular flexibility index (Phi) is 5.35. The molecule has 1 rings (SSSR count). The maximum atomic E-state index is 12.4. The first-order valence-electron chi connectivity index (χ1n) is 5.89. The summed E-state index contributed by atoms with van der Waals surface area (Å²) in [4.78, 5) is -0.0819. The Bertz CT molecular complexity index is 572. The van der Waals surface area contributed by atoms with Crippen LogP contribution >= 0.6 is 0 Å². The molecule has 1 aromatic rings. The zero-order valence-corrected chi connectivity index (χ0v) is 11.9. The predicted molar refractivity (Wildman–Crippen MR) is 68.7 cm³/mol. The summed E-state index contributed by atoms with van der Waals surface area (Å²) >= 11 is 0. The number of hydrogen-bond donors (Lipinski definition) is 0. The van der Waals surface area contributed by atoms with Crippen LogP contribution in [0.15, 0.2) is 40.8 Å². The molecular formula is C13H15F3O3S. The summed E-state index contributed by atoms with van der Waals surface area (Å²) < 4.78 is 65.3. The van der Waals surface area contributed by atoms with E-state index in [9.17, 15) is 21.6 Å². The van der Waals surface area contributed by atoms with Crippen LogP contribution in [0.25, 0.3) is 0 Å². The van der Waals surface area contributed by atoms with Crippen molar-refractivity contribution in [1.82, 2.24) is 0 Å². The number of allylic oxidation sites excluding steroid dienone is 1. The molecule has 0 radical (unpaired) electrons. The van der Waals surface area contributed by atoms with Crippen LogP contribution in [0.1, 0.15) is 18.9 Å². The Morgan fingerprint density at radius 3 is 2.25 bits per heavy atom. The van der Waals surface area contributed by atoms with Crippen molar-refractivity contribution in [3.8, 4) is 0 Å². The van der Waals surface area contributed by atoms with Gasteiger partial charge in [0.2, 0.25) is 0 Å². The zero-order chi connectivity index (χ0) is 15.4. The van der Waals surface area contributed by atoms with Crippen LogP contribution in [-0.2, 0) is 14.3 Å². The maximum Gasteiger partial charge on any atom is 0.412 e. The summed E-state index contributed by atoms with van der Waals surface area (Å²) in [6.45, 7) is 2.49. The molecule has 0 bridgehead atoms. The highest BCUT2D eigenvalue weighted by Crippen LogP contribution is 2.27. The largest absolute Gasteiger partial charge is 0.412 e. The number of aryl methyl sites for hydroxylation is 1. The van der Waals surface area contributed by atoms with Crippen LogP contribution in [-0.4, -0.2) is 21.2 Å². The van der Waals surface area contributed by atoms with Crippen LogP contribution in [0.4, 0.5) is 13.2 Å². The lowest BCUT2D eigenvalue weighted by Gasteiger charge is -2.09. The predicted octanol–water partition coefficient (Wildman–Crippen LogP) is 3.60. The molecule has 0 N–H and O–H groups in total. The number of alkyl halides is 3. The van der Waals surface area contributed by atoms with Gasteiger partial charge in [0.05, 0.1) is 11.5 Å². The summed E-state index contributed by atoms with van der Waals surface area (Å²) in [6, 6.07) is 5.86. The molecule has 0 unspecified atom stereocenters. The average Bonchev–Trinajstić information content (AvgIpc) is 2.33. The summed E-state index contributed by atoms with van der Waals surface area (Å²) in [5.74, 6) is 0. The molecule has 0 saturated carbocycles. The second-order valence-corrected chi connectivity index (χ2v) is 5.75. The van der Waals surface area contributed by atoms with Crippen molar-refractivity contribution in [2.45, 2.75) is 31.3 Å². The standard InChI is InChI=1S/C13H15F3O3S/c1-3-11(13(14,15)16)8-9-19-20(17,18)12-6-4-10(2)5-7-12/h4-8H,3,9H2,1-2H3/b11-8+. The van der Waals surface area contributed by atoms with Gasteiger partial charge in [0.1, 0.15) is 0 Å². The van der Waals surface area contributed by atoms with Gasteiger partial charge in [-0.1, -0.05) is 24.6 Å². The van der Waals surface area contributed by atoms with E-state index in [2.05, 4.69) is 4.18 Å². The van der Waals surface area contributed by atoms with E-state index in [4.69, 9.17) is 0 Å². The van der Waals surface area contributed by atoms with E-state index in [0.29, 0.717) is 0 Å². The third-order valence-electron chi connectivity index (χ3n) is 2.61. The van der Waals surface area contributed by atoms with Crippen LogP contribution < -0.4 is 0 Å². The van der Waals surface area contributed by atoms with Gasteiger partial charge in [-0.3, -0.25) is 4.18 Å². The fraction of sp³-hybridized carbons (Fsp3) is 0.385. The monoisotopic (exact) mass is 308 g/mol. The molecule has 20 heavy (non-hydrogen) atoms. The Hall–Kier alpha value is -1.34.